The van der Waals surface area contributed by atoms with Gasteiger partial charge in [0.1, 0.15) is 5.75 Å². The highest BCUT2D eigenvalue weighted by atomic mass is 16.5. The number of nitrogens with zero attached hydrogens (tertiary/aromatic N) is 1. The van der Waals surface area contributed by atoms with E-state index in [1.807, 2.05) is 35.2 Å². The topological polar surface area (TPSA) is 58.6 Å². The van der Waals surface area contributed by atoms with Gasteiger partial charge in [-0.3, -0.25) is 9.59 Å². The minimum atomic E-state index is -0.310. The number of hydrogen-bond acceptors (Lipinski definition) is 3. The molecule has 1 N–H and O–H groups in total. The van der Waals surface area contributed by atoms with E-state index in [0.29, 0.717) is 19.5 Å². The van der Waals surface area contributed by atoms with Crippen molar-refractivity contribution in [2.24, 2.45) is 5.92 Å². The van der Waals surface area contributed by atoms with Crippen LogP contribution >= 0.6 is 0 Å². The number of carbonyl (C=O) groups is 2. The summed E-state index contributed by atoms with van der Waals surface area (Å²) in [6.07, 6.45) is 2.69. The minimum Gasteiger partial charge on any atom is -0.496 e. The van der Waals surface area contributed by atoms with Gasteiger partial charge in [0.2, 0.25) is 11.8 Å². The molecular weight excluding hydrogens is 364 g/mol. The summed E-state index contributed by atoms with van der Waals surface area (Å²) in [5.41, 5.74) is 4.39. The van der Waals surface area contributed by atoms with Crippen molar-refractivity contribution < 1.29 is 14.3 Å². The molecule has 1 saturated heterocycles. The molecule has 1 aliphatic heterocycles. The van der Waals surface area contributed by atoms with Gasteiger partial charge in [0.25, 0.3) is 0 Å². The number of methoxy groups -OCH3 is 1. The highest BCUT2D eigenvalue weighted by molar-refractivity contribution is 6.01. The minimum absolute atomic E-state index is 0.0329. The molecule has 5 heteroatoms. The van der Waals surface area contributed by atoms with Crippen molar-refractivity contribution in [3.8, 4) is 5.75 Å². The van der Waals surface area contributed by atoms with E-state index in [2.05, 4.69) is 31.3 Å². The van der Waals surface area contributed by atoms with Gasteiger partial charge >= 0.3 is 0 Å². The Bertz CT molecular complexity index is 856. The first kappa shape index (κ1) is 20.9. The van der Waals surface area contributed by atoms with Gasteiger partial charge < -0.3 is 15.0 Å². The SMILES string of the molecule is CCc1cccc(CC)c1N1CC(C(=O)NCCc2ccccc2OC)CC1=O. The number of aryl methyl sites for hydroxylation is 2. The third kappa shape index (κ3) is 4.61. The summed E-state index contributed by atoms with van der Waals surface area (Å²) in [4.78, 5) is 27.3. The first-order valence-electron chi connectivity index (χ1n) is 10.4. The molecule has 0 spiro atoms. The van der Waals surface area contributed by atoms with Crippen LogP contribution in [0.1, 0.15) is 37.0 Å². The Labute approximate surface area is 173 Å². The molecule has 1 fully saturated rings. The van der Waals surface area contributed by atoms with E-state index in [-0.39, 0.29) is 24.2 Å². The Morgan fingerprint density at radius 1 is 1.07 bits per heavy atom. The van der Waals surface area contributed by atoms with Crippen molar-refractivity contribution in [1.29, 1.82) is 0 Å². The van der Waals surface area contributed by atoms with Crippen LogP contribution in [0.5, 0.6) is 5.75 Å². The summed E-state index contributed by atoms with van der Waals surface area (Å²) in [7, 11) is 1.65. The number of carbonyl (C=O) groups excluding carboxylic acids is 2. The van der Waals surface area contributed by atoms with Crippen molar-refractivity contribution in [1.82, 2.24) is 5.32 Å². The number of para-hydroxylation sites is 2. The maximum absolute atomic E-state index is 12.7. The Balaban J connectivity index is 1.64. The van der Waals surface area contributed by atoms with Crippen LogP contribution in [0.25, 0.3) is 0 Å². The number of rotatable bonds is 8. The van der Waals surface area contributed by atoms with Gasteiger partial charge in [-0.2, -0.15) is 0 Å². The van der Waals surface area contributed by atoms with Crippen LogP contribution in [0, 0.1) is 5.92 Å². The maximum Gasteiger partial charge on any atom is 0.227 e. The second kappa shape index (κ2) is 9.59. The van der Waals surface area contributed by atoms with E-state index < -0.39 is 0 Å². The molecular formula is C24H30N2O3. The number of benzene rings is 2. The smallest absolute Gasteiger partial charge is 0.227 e. The van der Waals surface area contributed by atoms with Gasteiger partial charge in [-0.05, 0) is 42.0 Å². The van der Waals surface area contributed by atoms with Crippen molar-refractivity contribution in [2.75, 3.05) is 25.1 Å². The summed E-state index contributed by atoms with van der Waals surface area (Å²) in [6, 6.07) is 14.0. The van der Waals surface area contributed by atoms with E-state index >= 15 is 0 Å². The van der Waals surface area contributed by atoms with Gasteiger partial charge in [0, 0.05) is 25.2 Å². The fourth-order valence-electron chi connectivity index (χ4n) is 4.04. The zero-order valence-corrected chi connectivity index (χ0v) is 17.5. The lowest BCUT2D eigenvalue weighted by Crippen LogP contribution is -2.34. The summed E-state index contributed by atoms with van der Waals surface area (Å²) in [6.45, 7) is 5.17. The molecule has 1 atom stereocenters. The van der Waals surface area contributed by atoms with Crippen LogP contribution in [0.4, 0.5) is 5.69 Å². The van der Waals surface area contributed by atoms with Crippen molar-refractivity contribution in [2.45, 2.75) is 39.5 Å². The van der Waals surface area contributed by atoms with Crippen molar-refractivity contribution >= 4 is 17.5 Å². The standard InChI is InChI=1S/C24H30N2O3/c1-4-17-10-8-11-18(5-2)23(17)26-16-20(15-22(26)27)24(28)25-14-13-19-9-6-7-12-21(19)29-3/h6-12,20H,4-5,13-16H2,1-3H3,(H,25,28). The first-order valence-corrected chi connectivity index (χ1v) is 10.4. The van der Waals surface area contributed by atoms with E-state index in [0.717, 1.165) is 41.0 Å². The molecule has 0 aromatic heterocycles. The molecule has 0 saturated carbocycles. The third-order valence-electron chi connectivity index (χ3n) is 5.62. The molecule has 1 unspecified atom stereocenters. The van der Waals surface area contributed by atoms with E-state index in [1.54, 1.807) is 7.11 Å². The quantitative estimate of drug-likeness (QED) is 0.745. The van der Waals surface area contributed by atoms with E-state index in [9.17, 15) is 9.59 Å². The Hall–Kier alpha value is -2.82. The number of nitrogens with one attached hydrogen (secondary N) is 1. The predicted octanol–water partition coefficient (Wildman–Crippen LogP) is 3.53. The maximum atomic E-state index is 12.7. The predicted molar refractivity (Wildman–Crippen MR) is 115 cm³/mol. The second-order valence-corrected chi connectivity index (χ2v) is 7.39. The van der Waals surface area contributed by atoms with Gasteiger partial charge in [0.05, 0.1) is 13.0 Å². The summed E-state index contributed by atoms with van der Waals surface area (Å²) in [5, 5.41) is 3.00. The second-order valence-electron chi connectivity index (χ2n) is 7.39. The number of amides is 2. The average molecular weight is 395 g/mol. The summed E-state index contributed by atoms with van der Waals surface area (Å²) >= 11 is 0. The molecule has 29 heavy (non-hydrogen) atoms. The molecule has 1 heterocycles. The lowest BCUT2D eigenvalue weighted by atomic mass is 10.0. The van der Waals surface area contributed by atoms with E-state index in [1.165, 1.54) is 0 Å². The average Bonchev–Trinajstić information content (AvgIpc) is 3.14. The van der Waals surface area contributed by atoms with Gasteiger partial charge in [-0.25, -0.2) is 0 Å². The highest BCUT2D eigenvalue weighted by Gasteiger charge is 2.36. The highest BCUT2D eigenvalue weighted by Crippen LogP contribution is 2.32. The molecule has 3 rings (SSSR count). The first-order chi connectivity index (χ1) is 14.1. The Kier molecular flexibility index (Phi) is 6.91. The Morgan fingerprint density at radius 2 is 1.72 bits per heavy atom. The summed E-state index contributed by atoms with van der Waals surface area (Å²) < 4.78 is 5.36. The van der Waals surface area contributed by atoms with Crippen LogP contribution in [0.3, 0.4) is 0 Å². The molecule has 0 aliphatic carbocycles. The van der Waals surface area contributed by atoms with Gasteiger partial charge in [-0.15, -0.1) is 0 Å². The number of ether oxygens (including phenoxy) is 1. The molecule has 2 aromatic carbocycles. The summed E-state index contributed by atoms with van der Waals surface area (Å²) in [5.74, 6) is 0.496. The molecule has 154 valence electrons. The largest absolute Gasteiger partial charge is 0.496 e. The fraction of sp³-hybridized carbons (Fsp3) is 0.417. The van der Waals surface area contributed by atoms with Gasteiger partial charge in [0.15, 0.2) is 0 Å². The third-order valence-corrected chi connectivity index (χ3v) is 5.62. The zero-order chi connectivity index (χ0) is 20.8. The van der Waals surface area contributed by atoms with Crippen molar-refractivity contribution in [3.05, 3.63) is 59.2 Å². The molecule has 2 aromatic rings. The van der Waals surface area contributed by atoms with Crippen LogP contribution in [0.15, 0.2) is 42.5 Å². The van der Waals surface area contributed by atoms with Crippen LogP contribution in [-0.4, -0.2) is 32.0 Å². The molecule has 5 nitrogen and oxygen atoms in total. The van der Waals surface area contributed by atoms with Crippen LogP contribution in [0.2, 0.25) is 0 Å². The molecule has 2 amide bonds. The van der Waals surface area contributed by atoms with E-state index in [4.69, 9.17) is 4.74 Å². The lowest BCUT2D eigenvalue weighted by molar-refractivity contribution is -0.126. The molecule has 0 radical (unpaired) electrons. The van der Waals surface area contributed by atoms with Crippen molar-refractivity contribution in [3.63, 3.8) is 0 Å². The molecule has 0 bridgehead atoms. The normalized spacial score (nSPS) is 16.2. The number of hydrogen-bond donors (Lipinski definition) is 1. The van der Waals surface area contributed by atoms with Crippen LogP contribution in [-0.2, 0) is 28.9 Å². The Morgan fingerprint density at radius 3 is 2.38 bits per heavy atom. The zero-order valence-electron chi connectivity index (χ0n) is 17.5. The monoisotopic (exact) mass is 394 g/mol. The lowest BCUT2D eigenvalue weighted by Gasteiger charge is -2.23. The number of anilines is 1. The van der Waals surface area contributed by atoms with Gasteiger partial charge in [-0.1, -0.05) is 50.2 Å². The fourth-order valence-corrected chi connectivity index (χ4v) is 4.04. The van der Waals surface area contributed by atoms with Crippen LogP contribution < -0.4 is 15.0 Å². The molecule has 1 aliphatic rings.